The Morgan fingerprint density at radius 1 is 1.38 bits per heavy atom. The SMILES string of the molecule is CCC(=O)NCc1nnc2n1CCCCC2. The Balaban J connectivity index is 2.04. The van der Waals surface area contributed by atoms with Gasteiger partial charge in [0.1, 0.15) is 5.82 Å². The zero-order valence-corrected chi connectivity index (χ0v) is 9.70. The summed E-state index contributed by atoms with van der Waals surface area (Å²) in [6.45, 7) is 3.33. The Bertz CT molecular complexity index is 372. The van der Waals surface area contributed by atoms with Gasteiger partial charge in [0, 0.05) is 19.4 Å². The third-order valence-electron chi connectivity index (χ3n) is 2.95. The molecule has 88 valence electrons. The van der Waals surface area contributed by atoms with Crippen LogP contribution in [0.15, 0.2) is 0 Å². The van der Waals surface area contributed by atoms with Crippen LogP contribution in [0.5, 0.6) is 0 Å². The molecule has 16 heavy (non-hydrogen) atoms. The van der Waals surface area contributed by atoms with Gasteiger partial charge in [-0.15, -0.1) is 10.2 Å². The largest absolute Gasteiger partial charge is 0.349 e. The maximum Gasteiger partial charge on any atom is 0.220 e. The van der Waals surface area contributed by atoms with Gasteiger partial charge in [0.25, 0.3) is 0 Å². The molecule has 0 aliphatic carbocycles. The molecule has 1 aliphatic rings. The number of fused-ring (bicyclic) bond motifs is 1. The van der Waals surface area contributed by atoms with Gasteiger partial charge in [-0.25, -0.2) is 0 Å². The summed E-state index contributed by atoms with van der Waals surface area (Å²) in [6, 6.07) is 0. The van der Waals surface area contributed by atoms with Crippen LogP contribution in [0.25, 0.3) is 0 Å². The van der Waals surface area contributed by atoms with Crippen molar-refractivity contribution < 1.29 is 4.79 Å². The van der Waals surface area contributed by atoms with Gasteiger partial charge in [-0.3, -0.25) is 4.79 Å². The van der Waals surface area contributed by atoms with E-state index in [9.17, 15) is 4.79 Å². The van der Waals surface area contributed by atoms with Crippen LogP contribution < -0.4 is 5.32 Å². The molecule has 0 aromatic carbocycles. The van der Waals surface area contributed by atoms with Crippen LogP contribution in [0.2, 0.25) is 0 Å². The first-order valence-electron chi connectivity index (χ1n) is 5.99. The van der Waals surface area contributed by atoms with E-state index >= 15 is 0 Å². The predicted octanol–water partition coefficient (Wildman–Crippen LogP) is 1.03. The van der Waals surface area contributed by atoms with E-state index in [0.29, 0.717) is 13.0 Å². The summed E-state index contributed by atoms with van der Waals surface area (Å²) in [6.07, 6.45) is 5.15. The molecule has 5 heteroatoms. The van der Waals surface area contributed by atoms with Crippen LogP contribution in [-0.2, 0) is 24.3 Å². The number of amides is 1. The standard InChI is InChI=1S/C11H18N4O/c1-2-11(16)12-8-10-14-13-9-6-4-3-5-7-15(9)10/h2-8H2,1H3,(H,12,16). The Morgan fingerprint density at radius 2 is 2.25 bits per heavy atom. The molecular formula is C11H18N4O. The molecule has 0 radical (unpaired) electrons. The molecule has 0 saturated carbocycles. The van der Waals surface area contributed by atoms with Crippen LogP contribution in [-0.4, -0.2) is 20.7 Å². The Kier molecular flexibility index (Phi) is 3.54. The van der Waals surface area contributed by atoms with Gasteiger partial charge in [-0.2, -0.15) is 0 Å². The van der Waals surface area contributed by atoms with Crippen molar-refractivity contribution in [3.8, 4) is 0 Å². The first kappa shape index (κ1) is 11.1. The highest BCUT2D eigenvalue weighted by molar-refractivity contribution is 5.75. The quantitative estimate of drug-likeness (QED) is 0.831. The molecule has 1 amide bonds. The molecule has 2 rings (SSSR count). The maximum atomic E-state index is 11.2. The monoisotopic (exact) mass is 222 g/mol. The lowest BCUT2D eigenvalue weighted by Crippen LogP contribution is -2.23. The van der Waals surface area contributed by atoms with Gasteiger partial charge in [0.05, 0.1) is 6.54 Å². The van der Waals surface area contributed by atoms with Crippen LogP contribution in [0.3, 0.4) is 0 Å². The summed E-state index contributed by atoms with van der Waals surface area (Å²) in [5.74, 6) is 2.02. The summed E-state index contributed by atoms with van der Waals surface area (Å²) < 4.78 is 2.16. The second-order valence-electron chi connectivity index (χ2n) is 4.13. The average Bonchev–Trinajstić information content (AvgIpc) is 2.54. The summed E-state index contributed by atoms with van der Waals surface area (Å²) in [5.41, 5.74) is 0. The minimum atomic E-state index is 0.0611. The van der Waals surface area contributed by atoms with Crippen molar-refractivity contribution in [1.82, 2.24) is 20.1 Å². The number of aryl methyl sites for hydroxylation is 1. The van der Waals surface area contributed by atoms with Crippen LogP contribution in [0.1, 0.15) is 44.3 Å². The lowest BCUT2D eigenvalue weighted by Gasteiger charge is -2.07. The first-order valence-corrected chi connectivity index (χ1v) is 5.99. The fraction of sp³-hybridized carbons (Fsp3) is 0.727. The number of carbonyl (C=O) groups is 1. The maximum absolute atomic E-state index is 11.2. The lowest BCUT2D eigenvalue weighted by atomic mass is 10.2. The summed E-state index contributed by atoms with van der Waals surface area (Å²) in [4.78, 5) is 11.2. The number of nitrogens with one attached hydrogen (secondary N) is 1. The number of nitrogens with zero attached hydrogens (tertiary/aromatic N) is 3. The molecule has 0 saturated heterocycles. The number of hydrogen-bond acceptors (Lipinski definition) is 3. The Morgan fingerprint density at radius 3 is 3.06 bits per heavy atom. The highest BCUT2D eigenvalue weighted by Gasteiger charge is 2.14. The van der Waals surface area contributed by atoms with Gasteiger partial charge in [0.15, 0.2) is 5.82 Å². The molecular weight excluding hydrogens is 204 g/mol. The van der Waals surface area contributed by atoms with Crippen molar-refractivity contribution in [2.24, 2.45) is 0 Å². The van der Waals surface area contributed by atoms with E-state index in [-0.39, 0.29) is 5.91 Å². The van der Waals surface area contributed by atoms with Crippen molar-refractivity contribution in [3.05, 3.63) is 11.6 Å². The molecule has 0 unspecified atom stereocenters. The van der Waals surface area contributed by atoms with Crippen molar-refractivity contribution in [3.63, 3.8) is 0 Å². The highest BCUT2D eigenvalue weighted by Crippen LogP contribution is 2.14. The predicted molar refractivity (Wildman–Crippen MR) is 59.7 cm³/mol. The van der Waals surface area contributed by atoms with E-state index in [1.165, 1.54) is 19.3 Å². The molecule has 1 aliphatic heterocycles. The molecule has 1 aromatic rings. The van der Waals surface area contributed by atoms with Crippen molar-refractivity contribution >= 4 is 5.91 Å². The van der Waals surface area contributed by atoms with E-state index in [4.69, 9.17) is 0 Å². The normalized spacial score (nSPS) is 15.3. The molecule has 0 bridgehead atoms. The van der Waals surface area contributed by atoms with Crippen LogP contribution >= 0.6 is 0 Å². The molecule has 5 nitrogen and oxygen atoms in total. The zero-order valence-electron chi connectivity index (χ0n) is 9.70. The third kappa shape index (κ3) is 2.40. The molecule has 0 fully saturated rings. The minimum absolute atomic E-state index is 0.0611. The lowest BCUT2D eigenvalue weighted by molar-refractivity contribution is -0.120. The Labute approximate surface area is 95.2 Å². The summed E-state index contributed by atoms with van der Waals surface area (Å²) >= 11 is 0. The van der Waals surface area contributed by atoms with Gasteiger partial charge in [0.2, 0.25) is 5.91 Å². The summed E-state index contributed by atoms with van der Waals surface area (Å²) in [5, 5.41) is 11.2. The fourth-order valence-corrected chi connectivity index (χ4v) is 1.98. The number of aromatic nitrogens is 3. The van der Waals surface area contributed by atoms with Crippen molar-refractivity contribution in [1.29, 1.82) is 0 Å². The van der Waals surface area contributed by atoms with Crippen LogP contribution in [0.4, 0.5) is 0 Å². The van der Waals surface area contributed by atoms with E-state index in [1.54, 1.807) is 0 Å². The second-order valence-corrected chi connectivity index (χ2v) is 4.13. The number of rotatable bonds is 3. The zero-order chi connectivity index (χ0) is 11.4. The molecule has 1 aromatic heterocycles. The van der Waals surface area contributed by atoms with Gasteiger partial charge < -0.3 is 9.88 Å². The average molecular weight is 222 g/mol. The Hall–Kier alpha value is -1.39. The molecule has 0 atom stereocenters. The fourth-order valence-electron chi connectivity index (χ4n) is 1.98. The second kappa shape index (κ2) is 5.09. The summed E-state index contributed by atoms with van der Waals surface area (Å²) in [7, 11) is 0. The van der Waals surface area contributed by atoms with E-state index in [2.05, 4.69) is 20.1 Å². The van der Waals surface area contributed by atoms with Gasteiger partial charge >= 0.3 is 0 Å². The van der Waals surface area contributed by atoms with E-state index in [1.807, 2.05) is 6.92 Å². The van der Waals surface area contributed by atoms with Crippen molar-refractivity contribution in [2.75, 3.05) is 0 Å². The van der Waals surface area contributed by atoms with Crippen LogP contribution in [0, 0.1) is 0 Å². The number of carbonyl (C=O) groups excluding carboxylic acids is 1. The van der Waals surface area contributed by atoms with Crippen molar-refractivity contribution in [2.45, 2.75) is 52.1 Å². The highest BCUT2D eigenvalue weighted by atomic mass is 16.1. The smallest absolute Gasteiger partial charge is 0.220 e. The van der Waals surface area contributed by atoms with E-state index in [0.717, 1.165) is 24.6 Å². The molecule has 1 N–H and O–H groups in total. The number of hydrogen-bond donors (Lipinski definition) is 1. The third-order valence-corrected chi connectivity index (χ3v) is 2.95. The molecule has 2 heterocycles. The minimum Gasteiger partial charge on any atom is -0.349 e. The first-order chi connectivity index (χ1) is 7.81. The van der Waals surface area contributed by atoms with E-state index < -0.39 is 0 Å². The van der Waals surface area contributed by atoms with Gasteiger partial charge in [-0.05, 0) is 12.8 Å². The van der Waals surface area contributed by atoms with Gasteiger partial charge in [-0.1, -0.05) is 13.3 Å². The topological polar surface area (TPSA) is 59.8 Å². The molecule has 0 spiro atoms.